The van der Waals surface area contributed by atoms with Crippen LogP contribution in [0.2, 0.25) is 0 Å². The molecule has 7 nitrogen and oxygen atoms in total. The predicted octanol–water partition coefficient (Wildman–Crippen LogP) is 2.07. The molecule has 8 heteroatoms. The maximum absolute atomic E-state index is 11.0. The van der Waals surface area contributed by atoms with Gasteiger partial charge in [0.15, 0.2) is 5.82 Å². The van der Waals surface area contributed by atoms with E-state index in [4.69, 9.17) is 0 Å². The van der Waals surface area contributed by atoms with Gasteiger partial charge in [0.05, 0.1) is 17.5 Å². The normalized spacial score (nSPS) is 17.4. The molecule has 0 unspecified atom stereocenters. The molecule has 1 aromatic carbocycles. The van der Waals surface area contributed by atoms with E-state index in [1.54, 1.807) is 4.52 Å². The predicted molar refractivity (Wildman–Crippen MR) is 110 cm³/mol. The van der Waals surface area contributed by atoms with Crippen molar-refractivity contribution >= 4 is 16.3 Å². The fraction of sp³-hybridized carbons (Fsp3) is 0.500. The van der Waals surface area contributed by atoms with Gasteiger partial charge in [0.2, 0.25) is 10.8 Å². The molecule has 2 N–H and O–H groups in total. The van der Waals surface area contributed by atoms with Crippen molar-refractivity contribution in [2.75, 3.05) is 39.3 Å². The number of β-amino-alcohol motifs (C(OH)–C–C–N with tert-alkyl or cyclic N) is 1. The van der Waals surface area contributed by atoms with Crippen molar-refractivity contribution in [2.45, 2.75) is 26.3 Å². The molecule has 1 saturated heterocycles. The van der Waals surface area contributed by atoms with Gasteiger partial charge in [-0.2, -0.15) is 4.52 Å². The molecule has 28 heavy (non-hydrogen) atoms. The quantitative estimate of drug-likeness (QED) is 0.659. The van der Waals surface area contributed by atoms with Crippen LogP contribution in [0.3, 0.4) is 0 Å². The summed E-state index contributed by atoms with van der Waals surface area (Å²) in [5.74, 6) is 0.939. The van der Waals surface area contributed by atoms with E-state index in [1.807, 2.05) is 6.92 Å². The first-order valence-electron chi connectivity index (χ1n) is 9.81. The number of nitrogens with zero attached hydrogens (tertiary/aromatic N) is 5. The Morgan fingerprint density at radius 1 is 1.21 bits per heavy atom. The Morgan fingerprint density at radius 3 is 2.64 bits per heavy atom. The average Bonchev–Trinajstić information content (AvgIpc) is 3.23. The largest absolute Gasteiger partial charge is 0.492 e. The van der Waals surface area contributed by atoms with Crippen molar-refractivity contribution in [2.24, 2.45) is 0 Å². The number of benzene rings is 1. The van der Waals surface area contributed by atoms with E-state index in [9.17, 15) is 10.2 Å². The lowest BCUT2D eigenvalue weighted by Gasteiger charge is -2.39. The lowest BCUT2D eigenvalue weighted by atomic mass is 10.0. The molecule has 0 saturated carbocycles. The van der Waals surface area contributed by atoms with Gasteiger partial charge in [-0.1, -0.05) is 48.1 Å². The van der Waals surface area contributed by atoms with E-state index < -0.39 is 0 Å². The highest BCUT2D eigenvalue weighted by Crippen LogP contribution is 2.40. The topological polar surface area (TPSA) is 77.1 Å². The Balaban J connectivity index is 1.71. The van der Waals surface area contributed by atoms with Crippen LogP contribution in [-0.4, -0.2) is 73.9 Å². The van der Waals surface area contributed by atoms with Gasteiger partial charge in [0, 0.05) is 39.1 Å². The first-order chi connectivity index (χ1) is 13.6. The zero-order chi connectivity index (χ0) is 19.7. The molecular weight excluding hydrogens is 374 g/mol. The number of aliphatic hydroxyl groups is 1. The zero-order valence-electron chi connectivity index (χ0n) is 16.4. The van der Waals surface area contributed by atoms with Crippen molar-refractivity contribution in [3.05, 3.63) is 46.1 Å². The second-order valence-electron chi connectivity index (χ2n) is 7.28. The fourth-order valence-electron chi connectivity index (χ4n) is 3.87. The molecule has 2 aromatic heterocycles. The van der Waals surface area contributed by atoms with Crippen LogP contribution in [0.1, 0.15) is 34.8 Å². The van der Waals surface area contributed by atoms with Crippen molar-refractivity contribution in [1.29, 1.82) is 0 Å². The van der Waals surface area contributed by atoms with Gasteiger partial charge in [-0.25, -0.2) is 4.98 Å². The summed E-state index contributed by atoms with van der Waals surface area (Å²) < 4.78 is 1.57. The molecule has 3 heterocycles. The van der Waals surface area contributed by atoms with Crippen molar-refractivity contribution < 1.29 is 10.2 Å². The summed E-state index contributed by atoms with van der Waals surface area (Å²) in [5.41, 5.74) is 2.37. The SMILES string of the molecule is CCc1nc2sc([C@H](c3cccc(C)c3)N3CCN(CCO)CC3)c(O)n2n1. The lowest BCUT2D eigenvalue weighted by molar-refractivity contribution is 0.0945. The Labute approximate surface area is 168 Å². The number of piperazine rings is 1. The van der Waals surface area contributed by atoms with E-state index in [2.05, 4.69) is 51.1 Å². The third-order valence-electron chi connectivity index (χ3n) is 5.35. The van der Waals surface area contributed by atoms with Gasteiger partial charge >= 0.3 is 0 Å². The molecule has 0 aliphatic carbocycles. The Bertz CT molecular complexity index is 945. The number of hydrogen-bond donors (Lipinski definition) is 2. The second kappa shape index (κ2) is 8.16. The first-order valence-corrected chi connectivity index (χ1v) is 10.6. The van der Waals surface area contributed by atoms with E-state index in [-0.39, 0.29) is 18.5 Å². The van der Waals surface area contributed by atoms with Gasteiger partial charge in [-0.15, -0.1) is 5.10 Å². The van der Waals surface area contributed by atoms with Crippen LogP contribution in [0.25, 0.3) is 4.96 Å². The van der Waals surface area contributed by atoms with Crippen LogP contribution in [0.15, 0.2) is 24.3 Å². The van der Waals surface area contributed by atoms with Gasteiger partial charge in [-0.3, -0.25) is 9.80 Å². The van der Waals surface area contributed by atoms with Crippen LogP contribution in [-0.2, 0) is 6.42 Å². The first kappa shape index (κ1) is 19.3. The number of fused-ring (bicyclic) bond motifs is 1. The molecule has 1 aliphatic rings. The minimum absolute atomic E-state index is 0.0326. The molecule has 0 radical (unpaired) electrons. The number of rotatable bonds is 6. The third-order valence-corrected chi connectivity index (χ3v) is 6.43. The number of thiazole rings is 1. The third kappa shape index (κ3) is 3.65. The molecular formula is C20H27N5O2S. The minimum Gasteiger partial charge on any atom is -0.492 e. The number of aryl methyl sites for hydroxylation is 2. The molecule has 4 rings (SSSR count). The van der Waals surface area contributed by atoms with E-state index >= 15 is 0 Å². The monoisotopic (exact) mass is 401 g/mol. The van der Waals surface area contributed by atoms with Crippen molar-refractivity contribution in [1.82, 2.24) is 24.4 Å². The summed E-state index contributed by atoms with van der Waals surface area (Å²) >= 11 is 1.52. The van der Waals surface area contributed by atoms with Crippen molar-refractivity contribution in [3.63, 3.8) is 0 Å². The van der Waals surface area contributed by atoms with E-state index in [0.717, 1.165) is 48.3 Å². The van der Waals surface area contributed by atoms with Crippen molar-refractivity contribution in [3.8, 4) is 5.88 Å². The summed E-state index contributed by atoms with van der Waals surface area (Å²) in [6.07, 6.45) is 0.747. The second-order valence-corrected chi connectivity index (χ2v) is 8.29. The van der Waals surface area contributed by atoms with Crippen LogP contribution in [0, 0.1) is 6.92 Å². The molecule has 1 aliphatic heterocycles. The van der Waals surface area contributed by atoms with Gasteiger partial charge in [0.1, 0.15) is 0 Å². The van der Waals surface area contributed by atoms with E-state index in [1.165, 1.54) is 22.5 Å². The Morgan fingerprint density at radius 2 is 2.00 bits per heavy atom. The van der Waals surface area contributed by atoms with Crippen LogP contribution >= 0.6 is 11.3 Å². The molecule has 0 amide bonds. The summed E-state index contributed by atoms with van der Waals surface area (Å²) in [7, 11) is 0. The molecule has 0 spiro atoms. The molecule has 150 valence electrons. The molecule has 3 aromatic rings. The summed E-state index contributed by atoms with van der Waals surface area (Å²) in [6, 6.07) is 8.45. The number of aromatic hydroxyl groups is 1. The molecule has 0 bridgehead atoms. The van der Waals surface area contributed by atoms with Gasteiger partial charge in [0.25, 0.3) is 0 Å². The van der Waals surface area contributed by atoms with Crippen LogP contribution in [0.4, 0.5) is 0 Å². The molecule has 1 fully saturated rings. The fourth-order valence-corrected chi connectivity index (χ4v) is 5.01. The minimum atomic E-state index is -0.0326. The number of aliphatic hydroxyl groups excluding tert-OH is 1. The lowest BCUT2D eigenvalue weighted by Crippen LogP contribution is -2.48. The van der Waals surface area contributed by atoms with Gasteiger partial charge < -0.3 is 10.2 Å². The Hall–Kier alpha value is -2.00. The highest BCUT2D eigenvalue weighted by molar-refractivity contribution is 7.17. The summed E-state index contributed by atoms with van der Waals surface area (Å²) in [4.78, 5) is 10.9. The molecule has 1 atom stereocenters. The summed E-state index contributed by atoms with van der Waals surface area (Å²) in [5, 5.41) is 24.6. The zero-order valence-corrected chi connectivity index (χ0v) is 17.2. The summed E-state index contributed by atoms with van der Waals surface area (Å²) in [6.45, 7) is 8.59. The smallest absolute Gasteiger partial charge is 0.230 e. The van der Waals surface area contributed by atoms with E-state index in [0.29, 0.717) is 6.54 Å². The van der Waals surface area contributed by atoms with Crippen LogP contribution in [0.5, 0.6) is 5.88 Å². The van der Waals surface area contributed by atoms with Crippen LogP contribution < -0.4 is 0 Å². The maximum Gasteiger partial charge on any atom is 0.230 e. The highest BCUT2D eigenvalue weighted by atomic mass is 32.1. The highest BCUT2D eigenvalue weighted by Gasteiger charge is 2.31. The van der Waals surface area contributed by atoms with Gasteiger partial charge in [-0.05, 0) is 12.5 Å². The Kier molecular flexibility index (Phi) is 5.63. The number of hydrogen-bond acceptors (Lipinski definition) is 7. The standard InChI is InChI=1S/C20H27N5O2S/c1-3-16-21-20-25(22-16)19(27)18(28-20)17(15-6-4-5-14(2)13-15)24-9-7-23(8-10-24)11-12-26/h4-6,13,17,26-27H,3,7-12H2,1-2H3/t17-/m0/s1. The average molecular weight is 402 g/mol. The maximum atomic E-state index is 11.0. The number of aromatic nitrogens is 3.